The number of rotatable bonds is 6. The maximum absolute atomic E-state index is 10.2. The number of hydrogen-bond acceptors (Lipinski definition) is 6. The summed E-state index contributed by atoms with van der Waals surface area (Å²) in [6.45, 7) is 7.56. The largest absolute Gasteiger partial charge is 0.496 e. The van der Waals surface area contributed by atoms with Crippen LogP contribution in [0.5, 0.6) is 5.75 Å². The number of nitrogens with zero attached hydrogens (tertiary/aromatic N) is 3. The average Bonchev–Trinajstić information content (AvgIpc) is 3.04. The van der Waals surface area contributed by atoms with Crippen molar-refractivity contribution < 1.29 is 14.3 Å². The third-order valence-electron chi connectivity index (χ3n) is 4.14. The summed E-state index contributed by atoms with van der Waals surface area (Å²) in [7, 11) is 3.84. The molecule has 7 nitrogen and oxygen atoms in total. The van der Waals surface area contributed by atoms with E-state index < -0.39 is 0 Å². The molecule has 2 heterocycles. The summed E-state index contributed by atoms with van der Waals surface area (Å²) in [5.74, 6) is 0.502. The summed E-state index contributed by atoms with van der Waals surface area (Å²) in [4.78, 5) is 22.1. The van der Waals surface area contributed by atoms with Crippen molar-refractivity contribution in [3.63, 3.8) is 0 Å². The Hall–Kier alpha value is -2.00. The zero-order valence-corrected chi connectivity index (χ0v) is 17.6. The van der Waals surface area contributed by atoms with Gasteiger partial charge in [-0.15, -0.1) is 0 Å². The lowest BCUT2D eigenvalue weighted by atomic mass is 10.2. The monoisotopic (exact) mass is 424 g/mol. The standard InChI is InChI=1S/C14H18ClN3OS.C5H7NO2/c1-16-6-8-17(9-7-16)20-18-10-11(15)14-12(18)4-3-5-13(14)19-2;1-2-5(8)6-3-4-7/h3-5,10H,6-9H2,1-2H3;2,4H,1,3H2,(H,6,8). The number of hydrogen-bond donors (Lipinski definition) is 1. The number of likely N-dealkylation sites (N-methyl/N-ethyl adjacent to an activating group) is 1. The van der Waals surface area contributed by atoms with Crippen LogP contribution in [0.3, 0.4) is 0 Å². The van der Waals surface area contributed by atoms with Gasteiger partial charge in [-0.25, -0.2) is 4.31 Å². The summed E-state index contributed by atoms with van der Waals surface area (Å²) >= 11 is 8.08. The molecular formula is C19H25ClN4O3S. The predicted octanol–water partition coefficient (Wildman–Crippen LogP) is 2.45. The van der Waals surface area contributed by atoms with Crippen LogP contribution in [0.4, 0.5) is 0 Å². The highest BCUT2D eigenvalue weighted by Crippen LogP contribution is 2.36. The molecule has 9 heteroatoms. The number of carbonyl (C=O) groups is 2. The first kappa shape index (κ1) is 22.3. The Labute approximate surface area is 174 Å². The van der Waals surface area contributed by atoms with Crippen molar-refractivity contribution in [1.82, 2.24) is 18.5 Å². The van der Waals surface area contributed by atoms with Gasteiger partial charge in [0.2, 0.25) is 5.91 Å². The number of fused-ring (bicyclic) bond motifs is 1. The quantitative estimate of drug-likeness (QED) is 0.436. The number of aromatic nitrogens is 1. The average molecular weight is 425 g/mol. The van der Waals surface area contributed by atoms with Gasteiger partial charge in [0.05, 0.1) is 29.6 Å². The van der Waals surface area contributed by atoms with Gasteiger partial charge >= 0.3 is 0 Å². The number of aldehydes is 1. The van der Waals surface area contributed by atoms with E-state index in [1.165, 1.54) is 0 Å². The van der Waals surface area contributed by atoms with Crippen LogP contribution >= 0.6 is 23.7 Å². The molecule has 3 rings (SSSR count). The van der Waals surface area contributed by atoms with Crippen LogP contribution < -0.4 is 10.1 Å². The highest BCUT2D eigenvalue weighted by Gasteiger charge is 2.18. The fourth-order valence-electron chi connectivity index (χ4n) is 2.63. The van der Waals surface area contributed by atoms with E-state index in [0.29, 0.717) is 6.29 Å². The van der Waals surface area contributed by atoms with Crippen molar-refractivity contribution in [3.8, 4) is 5.75 Å². The summed E-state index contributed by atoms with van der Waals surface area (Å²) in [5, 5.41) is 3.98. The highest BCUT2D eigenvalue weighted by molar-refractivity contribution is 7.95. The maximum Gasteiger partial charge on any atom is 0.243 e. The summed E-state index contributed by atoms with van der Waals surface area (Å²) < 4.78 is 9.90. The Kier molecular flexibility index (Phi) is 8.85. The zero-order valence-electron chi connectivity index (χ0n) is 16.1. The van der Waals surface area contributed by atoms with Gasteiger partial charge in [-0.1, -0.05) is 24.2 Å². The number of amides is 1. The van der Waals surface area contributed by atoms with Crippen molar-refractivity contribution in [1.29, 1.82) is 0 Å². The molecule has 1 amide bonds. The van der Waals surface area contributed by atoms with E-state index >= 15 is 0 Å². The zero-order chi connectivity index (χ0) is 20.5. The molecule has 1 fully saturated rings. The van der Waals surface area contributed by atoms with Gasteiger partial charge in [0.25, 0.3) is 0 Å². The third-order valence-corrected chi connectivity index (χ3v) is 5.50. The molecule has 1 N–H and O–H groups in total. The molecule has 28 heavy (non-hydrogen) atoms. The normalized spacial score (nSPS) is 14.8. The van der Waals surface area contributed by atoms with Gasteiger partial charge < -0.3 is 19.7 Å². The number of halogens is 1. The Balaban J connectivity index is 0.000000300. The van der Waals surface area contributed by atoms with Crippen LogP contribution in [-0.4, -0.2) is 72.3 Å². The smallest absolute Gasteiger partial charge is 0.243 e. The molecule has 0 radical (unpaired) electrons. The lowest BCUT2D eigenvalue weighted by Crippen LogP contribution is -2.41. The summed E-state index contributed by atoms with van der Waals surface area (Å²) in [6, 6.07) is 6.02. The predicted molar refractivity (Wildman–Crippen MR) is 115 cm³/mol. The molecule has 1 saturated heterocycles. The van der Waals surface area contributed by atoms with E-state index in [1.54, 1.807) is 19.2 Å². The molecule has 0 aliphatic carbocycles. The van der Waals surface area contributed by atoms with Gasteiger partial charge in [-0.2, -0.15) is 0 Å². The first-order chi connectivity index (χ1) is 13.5. The van der Waals surface area contributed by atoms with Gasteiger partial charge in [-0.05, 0) is 25.3 Å². The molecule has 0 unspecified atom stereocenters. The lowest BCUT2D eigenvalue weighted by Gasteiger charge is -2.31. The maximum atomic E-state index is 10.2. The van der Waals surface area contributed by atoms with Crippen LogP contribution in [0, 0.1) is 0 Å². The second kappa shape index (κ2) is 11.1. The number of benzene rings is 1. The van der Waals surface area contributed by atoms with Crippen LogP contribution in [0.2, 0.25) is 5.02 Å². The molecule has 1 aromatic heterocycles. The number of nitrogens with one attached hydrogen (secondary N) is 1. The fourth-order valence-corrected chi connectivity index (χ4v) is 3.94. The number of piperazine rings is 1. The van der Waals surface area contributed by atoms with Crippen molar-refractivity contribution in [2.45, 2.75) is 0 Å². The van der Waals surface area contributed by atoms with E-state index in [0.717, 1.165) is 53.9 Å². The van der Waals surface area contributed by atoms with Crippen LogP contribution in [0.15, 0.2) is 37.1 Å². The van der Waals surface area contributed by atoms with Gasteiger partial charge in [0.1, 0.15) is 12.0 Å². The molecule has 0 spiro atoms. The SMILES string of the molecule is C=CC(=O)NCC=O.COc1cccc2c1c(Cl)cn2SN1CCN(C)CC1. The lowest BCUT2D eigenvalue weighted by molar-refractivity contribution is -0.118. The third kappa shape index (κ3) is 6.00. The Morgan fingerprint density at radius 1 is 1.36 bits per heavy atom. The highest BCUT2D eigenvalue weighted by atomic mass is 35.5. The van der Waals surface area contributed by atoms with Gasteiger partial charge in [0, 0.05) is 44.5 Å². The van der Waals surface area contributed by atoms with E-state index in [4.69, 9.17) is 16.3 Å². The van der Waals surface area contributed by atoms with E-state index in [2.05, 4.69) is 38.2 Å². The Morgan fingerprint density at radius 3 is 2.68 bits per heavy atom. The molecule has 152 valence electrons. The summed E-state index contributed by atoms with van der Waals surface area (Å²) in [5.41, 5.74) is 1.10. The van der Waals surface area contributed by atoms with Gasteiger partial charge in [-0.3, -0.25) is 8.77 Å². The van der Waals surface area contributed by atoms with E-state index in [9.17, 15) is 9.59 Å². The Morgan fingerprint density at radius 2 is 2.07 bits per heavy atom. The van der Waals surface area contributed by atoms with Crippen LogP contribution in [0.1, 0.15) is 0 Å². The van der Waals surface area contributed by atoms with Crippen molar-refractivity contribution in [3.05, 3.63) is 42.1 Å². The van der Waals surface area contributed by atoms with Gasteiger partial charge in [0.15, 0.2) is 0 Å². The topological polar surface area (TPSA) is 66.8 Å². The van der Waals surface area contributed by atoms with Crippen LogP contribution in [0.25, 0.3) is 10.9 Å². The minimum absolute atomic E-state index is 0.0604. The molecule has 2 aromatic rings. The molecule has 0 saturated carbocycles. The minimum Gasteiger partial charge on any atom is -0.496 e. The molecular weight excluding hydrogens is 400 g/mol. The fraction of sp³-hybridized carbons (Fsp3) is 0.368. The first-order valence-corrected chi connectivity index (χ1v) is 9.90. The number of carbonyl (C=O) groups excluding carboxylic acids is 2. The van der Waals surface area contributed by atoms with E-state index in [1.807, 2.05) is 18.3 Å². The number of methoxy groups -OCH3 is 1. The Bertz CT molecular complexity index is 819. The first-order valence-electron chi connectivity index (χ1n) is 8.79. The molecule has 1 aliphatic rings. The number of ether oxygens (including phenoxy) is 1. The second-order valence-corrected chi connectivity index (χ2v) is 7.57. The molecule has 0 atom stereocenters. The molecule has 0 bridgehead atoms. The van der Waals surface area contributed by atoms with Crippen molar-refractivity contribution in [2.24, 2.45) is 0 Å². The van der Waals surface area contributed by atoms with E-state index in [-0.39, 0.29) is 12.5 Å². The molecule has 1 aliphatic heterocycles. The molecule has 1 aromatic carbocycles. The minimum atomic E-state index is -0.322. The van der Waals surface area contributed by atoms with Crippen molar-refractivity contribution >= 4 is 46.8 Å². The van der Waals surface area contributed by atoms with Crippen molar-refractivity contribution in [2.75, 3.05) is 46.9 Å². The van der Waals surface area contributed by atoms with Crippen LogP contribution in [-0.2, 0) is 9.59 Å². The second-order valence-electron chi connectivity index (χ2n) is 6.09. The summed E-state index contributed by atoms with van der Waals surface area (Å²) in [6.07, 6.45) is 3.70.